The molecule has 1 unspecified atom stereocenters. The van der Waals surface area contributed by atoms with Gasteiger partial charge >= 0.3 is 0 Å². The lowest BCUT2D eigenvalue weighted by Crippen LogP contribution is -2.30. The second-order valence-corrected chi connectivity index (χ2v) is 12.5. The topological polar surface area (TPSA) is 109 Å². The van der Waals surface area contributed by atoms with Gasteiger partial charge in [0, 0.05) is 22.3 Å². The molecule has 0 spiro atoms. The number of thioether (sulfide) groups is 1. The Balaban J connectivity index is 1.20. The van der Waals surface area contributed by atoms with Crippen LogP contribution in [0.25, 0.3) is 6.08 Å². The second kappa shape index (κ2) is 17.3. The van der Waals surface area contributed by atoms with E-state index in [-0.39, 0.29) is 11.6 Å². The molecular formula is C42H34N4O4S. The van der Waals surface area contributed by atoms with E-state index in [1.54, 1.807) is 72.9 Å². The number of nitrogens with zero attached hydrogens (tertiary/aromatic N) is 1. The highest BCUT2D eigenvalue weighted by Gasteiger charge is 2.23. The average Bonchev–Trinajstić information content (AvgIpc) is 3.18. The molecule has 0 aliphatic rings. The van der Waals surface area contributed by atoms with Crippen molar-refractivity contribution in [1.82, 2.24) is 10.3 Å². The minimum atomic E-state index is -0.598. The Labute approximate surface area is 300 Å². The van der Waals surface area contributed by atoms with Crippen LogP contribution in [0.3, 0.4) is 0 Å². The number of ether oxygens (including phenoxy) is 1. The van der Waals surface area contributed by atoms with Crippen LogP contribution in [0.1, 0.15) is 32.3 Å². The summed E-state index contributed by atoms with van der Waals surface area (Å²) in [7, 11) is 0. The highest BCUT2D eigenvalue weighted by Crippen LogP contribution is 2.37. The van der Waals surface area contributed by atoms with Crippen LogP contribution in [0.4, 0.5) is 11.5 Å². The standard InChI is InChI=1S/C42H34N4O4S/c47-40(33-17-8-3-9-18-33)45-37(27-30-22-24-35(25-23-30)50-29-31-13-4-1-5-14-31)41(48)44-34-19-12-20-36(28-34)51-39(32-15-6-2-7-16-32)42(49)46-38-21-10-11-26-43-38/h1-28,39H,29H2,(H,44,48)(H,45,47)(H,43,46,49)/b37-27-. The number of rotatable bonds is 13. The van der Waals surface area contributed by atoms with E-state index in [2.05, 4.69) is 20.9 Å². The second-order valence-electron chi connectivity index (χ2n) is 11.3. The van der Waals surface area contributed by atoms with E-state index in [9.17, 15) is 14.4 Å². The van der Waals surface area contributed by atoms with Gasteiger partial charge in [-0.15, -0.1) is 11.8 Å². The van der Waals surface area contributed by atoms with E-state index < -0.39 is 17.1 Å². The SMILES string of the molecule is O=C(Nc1cccc(SC(C(=O)Nc2ccccn2)c2ccccc2)c1)/C(=C/c1ccc(OCc2ccccc2)cc1)NC(=O)c1ccccc1. The Morgan fingerprint density at radius 2 is 1.39 bits per heavy atom. The molecule has 1 atom stereocenters. The molecule has 8 nitrogen and oxygen atoms in total. The van der Waals surface area contributed by atoms with E-state index in [0.29, 0.717) is 35.0 Å². The molecule has 1 aromatic heterocycles. The van der Waals surface area contributed by atoms with Crippen molar-refractivity contribution in [2.24, 2.45) is 0 Å². The number of hydrogen-bond donors (Lipinski definition) is 3. The zero-order valence-electron chi connectivity index (χ0n) is 27.4. The van der Waals surface area contributed by atoms with Crippen molar-refractivity contribution in [3.05, 3.63) is 192 Å². The quantitative estimate of drug-likeness (QED) is 0.0828. The van der Waals surface area contributed by atoms with Gasteiger partial charge in [0.25, 0.3) is 11.8 Å². The van der Waals surface area contributed by atoms with Gasteiger partial charge in [0.05, 0.1) is 0 Å². The summed E-state index contributed by atoms with van der Waals surface area (Å²) in [4.78, 5) is 45.4. The summed E-state index contributed by atoms with van der Waals surface area (Å²) < 4.78 is 5.91. The molecule has 0 bridgehead atoms. The van der Waals surface area contributed by atoms with Gasteiger partial charge in [0.1, 0.15) is 29.1 Å². The van der Waals surface area contributed by atoms with Crippen molar-refractivity contribution in [1.29, 1.82) is 0 Å². The van der Waals surface area contributed by atoms with Crippen LogP contribution in [-0.2, 0) is 16.2 Å². The molecular weight excluding hydrogens is 657 g/mol. The Hall–Kier alpha value is -6.45. The molecule has 0 saturated carbocycles. The fourth-order valence-corrected chi connectivity index (χ4v) is 6.10. The van der Waals surface area contributed by atoms with Gasteiger partial charge in [-0.1, -0.05) is 103 Å². The molecule has 6 aromatic rings. The number of pyridine rings is 1. The van der Waals surface area contributed by atoms with E-state index >= 15 is 0 Å². The van der Waals surface area contributed by atoms with Crippen LogP contribution in [-0.4, -0.2) is 22.7 Å². The molecule has 3 N–H and O–H groups in total. The number of nitrogens with one attached hydrogen (secondary N) is 3. The summed E-state index contributed by atoms with van der Waals surface area (Å²) in [6.07, 6.45) is 3.23. The third-order valence-corrected chi connectivity index (χ3v) is 8.82. The normalized spacial score (nSPS) is 11.6. The monoisotopic (exact) mass is 690 g/mol. The molecule has 252 valence electrons. The number of amides is 3. The minimum Gasteiger partial charge on any atom is -0.489 e. The van der Waals surface area contributed by atoms with Crippen LogP contribution in [0.15, 0.2) is 175 Å². The first-order chi connectivity index (χ1) is 25.0. The zero-order chi connectivity index (χ0) is 35.3. The summed E-state index contributed by atoms with van der Waals surface area (Å²) in [6, 6.07) is 47.8. The van der Waals surface area contributed by atoms with Crippen LogP contribution in [0, 0.1) is 0 Å². The van der Waals surface area contributed by atoms with E-state index in [0.717, 1.165) is 16.0 Å². The zero-order valence-corrected chi connectivity index (χ0v) is 28.3. The maximum absolute atomic E-state index is 13.8. The fraction of sp³-hybridized carbons (Fsp3) is 0.0476. The largest absolute Gasteiger partial charge is 0.489 e. The van der Waals surface area contributed by atoms with Crippen LogP contribution < -0.4 is 20.7 Å². The maximum Gasteiger partial charge on any atom is 0.272 e. The molecule has 0 radical (unpaired) electrons. The molecule has 0 aliphatic carbocycles. The first-order valence-corrected chi connectivity index (χ1v) is 17.1. The van der Waals surface area contributed by atoms with E-state index in [1.807, 2.05) is 97.1 Å². The van der Waals surface area contributed by atoms with Crippen LogP contribution in [0.2, 0.25) is 0 Å². The molecule has 9 heteroatoms. The minimum absolute atomic E-state index is 0.0526. The Bertz CT molecular complexity index is 2090. The molecule has 0 saturated heterocycles. The summed E-state index contributed by atoms with van der Waals surface area (Å²) >= 11 is 1.35. The number of hydrogen-bond acceptors (Lipinski definition) is 6. The van der Waals surface area contributed by atoms with E-state index in [4.69, 9.17) is 4.74 Å². The third kappa shape index (κ3) is 10.0. The third-order valence-electron chi connectivity index (χ3n) is 7.57. The van der Waals surface area contributed by atoms with Gasteiger partial charge in [-0.05, 0) is 77.4 Å². The highest BCUT2D eigenvalue weighted by molar-refractivity contribution is 8.00. The van der Waals surface area contributed by atoms with Gasteiger partial charge in [-0.25, -0.2) is 4.98 Å². The van der Waals surface area contributed by atoms with Gasteiger partial charge in [-0.3, -0.25) is 14.4 Å². The van der Waals surface area contributed by atoms with Crippen molar-refractivity contribution in [3.8, 4) is 5.75 Å². The molecule has 0 aliphatic heterocycles. The van der Waals surface area contributed by atoms with Crippen molar-refractivity contribution in [2.75, 3.05) is 10.6 Å². The van der Waals surface area contributed by atoms with Gasteiger partial charge in [0.15, 0.2) is 0 Å². The number of aromatic nitrogens is 1. The maximum atomic E-state index is 13.8. The molecule has 3 amide bonds. The van der Waals surface area contributed by atoms with Crippen LogP contribution >= 0.6 is 11.8 Å². The molecule has 0 fully saturated rings. The van der Waals surface area contributed by atoms with Crippen LogP contribution in [0.5, 0.6) is 5.75 Å². The summed E-state index contributed by atoms with van der Waals surface area (Å²) in [5, 5.41) is 8.01. The number of carbonyl (C=O) groups excluding carboxylic acids is 3. The summed E-state index contributed by atoms with van der Waals surface area (Å²) in [6.45, 7) is 0.426. The highest BCUT2D eigenvalue weighted by atomic mass is 32.2. The smallest absolute Gasteiger partial charge is 0.272 e. The Kier molecular flexibility index (Phi) is 11.7. The van der Waals surface area contributed by atoms with Gasteiger partial charge < -0.3 is 20.7 Å². The Morgan fingerprint density at radius 3 is 2.10 bits per heavy atom. The fourth-order valence-electron chi connectivity index (χ4n) is 5.02. The first-order valence-electron chi connectivity index (χ1n) is 16.2. The number of benzene rings is 5. The lowest BCUT2D eigenvalue weighted by Gasteiger charge is -2.17. The molecule has 1 heterocycles. The first kappa shape index (κ1) is 34.4. The van der Waals surface area contributed by atoms with E-state index in [1.165, 1.54) is 11.8 Å². The molecule has 51 heavy (non-hydrogen) atoms. The summed E-state index contributed by atoms with van der Waals surface area (Å²) in [5.74, 6) is -0.0415. The van der Waals surface area contributed by atoms with Crippen molar-refractivity contribution >= 4 is 47.1 Å². The molecule has 6 rings (SSSR count). The van der Waals surface area contributed by atoms with Gasteiger partial charge in [0.2, 0.25) is 5.91 Å². The van der Waals surface area contributed by atoms with Crippen molar-refractivity contribution in [2.45, 2.75) is 16.8 Å². The average molecular weight is 691 g/mol. The predicted molar refractivity (Wildman–Crippen MR) is 202 cm³/mol. The Morgan fingerprint density at radius 1 is 0.706 bits per heavy atom. The number of carbonyl (C=O) groups is 3. The van der Waals surface area contributed by atoms with Crippen molar-refractivity contribution < 1.29 is 19.1 Å². The summed E-state index contributed by atoms with van der Waals surface area (Å²) in [5.41, 5.74) is 3.51. The predicted octanol–water partition coefficient (Wildman–Crippen LogP) is 8.54. The lowest BCUT2D eigenvalue weighted by molar-refractivity contribution is -0.116. The van der Waals surface area contributed by atoms with Gasteiger partial charge in [-0.2, -0.15) is 0 Å². The number of anilines is 2. The van der Waals surface area contributed by atoms with Crippen molar-refractivity contribution in [3.63, 3.8) is 0 Å². The molecule has 5 aromatic carbocycles. The lowest BCUT2D eigenvalue weighted by atomic mass is 10.1.